The monoisotopic (exact) mass is 288 g/mol. The van der Waals surface area contributed by atoms with Gasteiger partial charge in [0.2, 0.25) is 0 Å². The third-order valence-corrected chi connectivity index (χ3v) is 6.81. The van der Waals surface area contributed by atoms with E-state index in [4.69, 9.17) is 0 Å². The molecule has 3 aliphatic rings. The molecule has 0 aliphatic heterocycles. The average molecular weight is 288 g/mol. The Morgan fingerprint density at radius 3 is 2.71 bits per heavy atom. The van der Waals surface area contributed by atoms with Gasteiger partial charge in [0.15, 0.2) is 11.5 Å². The molecule has 0 radical (unpaired) electrons. The summed E-state index contributed by atoms with van der Waals surface area (Å²) in [6, 6.07) is 3.64. The number of benzene rings is 1. The smallest absolute Gasteiger partial charge is 0.160 e. The molecule has 0 bridgehead atoms. The minimum absolute atomic E-state index is 0.00383. The van der Waals surface area contributed by atoms with E-state index in [1.807, 2.05) is 6.07 Å². The molecule has 0 aromatic heterocycles. The number of hydrogen-bond acceptors (Lipinski definition) is 3. The summed E-state index contributed by atoms with van der Waals surface area (Å²) >= 11 is 0. The minimum atomic E-state index is -0.141. The quantitative estimate of drug-likeness (QED) is 0.642. The number of rotatable bonds is 0. The van der Waals surface area contributed by atoms with Crippen molar-refractivity contribution in [1.82, 2.24) is 0 Å². The van der Waals surface area contributed by atoms with Crippen LogP contribution in [0.5, 0.6) is 11.5 Å². The van der Waals surface area contributed by atoms with Crippen LogP contribution in [-0.2, 0) is 6.42 Å². The summed E-state index contributed by atoms with van der Waals surface area (Å²) in [6.45, 7) is 2.27. The van der Waals surface area contributed by atoms with Crippen molar-refractivity contribution in [2.75, 3.05) is 0 Å². The highest BCUT2D eigenvalue weighted by Gasteiger charge is 2.54. The fourth-order valence-corrected chi connectivity index (χ4v) is 5.61. The molecule has 3 nitrogen and oxygen atoms in total. The molecule has 3 N–H and O–H groups in total. The molecule has 5 atom stereocenters. The van der Waals surface area contributed by atoms with E-state index in [0.717, 1.165) is 44.1 Å². The summed E-state index contributed by atoms with van der Waals surface area (Å²) in [5, 5.41) is 30.2. The Morgan fingerprint density at radius 1 is 1.10 bits per heavy atom. The van der Waals surface area contributed by atoms with Crippen molar-refractivity contribution in [3.63, 3.8) is 0 Å². The van der Waals surface area contributed by atoms with Crippen molar-refractivity contribution in [3.8, 4) is 11.5 Å². The van der Waals surface area contributed by atoms with Crippen LogP contribution in [0.25, 0.3) is 0 Å². The fraction of sp³-hybridized carbons (Fsp3) is 0.667. The molecule has 0 amide bonds. The second-order valence-electron chi connectivity index (χ2n) is 7.55. The van der Waals surface area contributed by atoms with E-state index < -0.39 is 0 Å². The molecule has 3 aliphatic carbocycles. The van der Waals surface area contributed by atoms with Crippen molar-refractivity contribution in [2.45, 2.75) is 57.5 Å². The van der Waals surface area contributed by atoms with Crippen molar-refractivity contribution in [3.05, 3.63) is 23.3 Å². The Hall–Kier alpha value is -1.22. The molecule has 0 saturated heterocycles. The van der Waals surface area contributed by atoms with Gasteiger partial charge in [-0.2, -0.15) is 0 Å². The minimum Gasteiger partial charge on any atom is -0.504 e. The number of aliphatic hydroxyl groups excluding tert-OH is 1. The molecule has 1 unspecified atom stereocenters. The van der Waals surface area contributed by atoms with Crippen LogP contribution in [0.2, 0.25) is 0 Å². The number of phenols is 2. The summed E-state index contributed by atoms with van der Waals surface area (Å²) in [7, 11) is 0. The van der Waals surface area contributed by atoms with Crippen LogP contribution in [0.15, 0.2) is 12.1 Å². The predicted molar refractivity (Wildman–Crippen MR) is 80.4 cm³/mol. The first kappa shape index (κ1) is 13.4. The highest BCUT2D eigenvalue weighted by Crippen LogP contribution is 2.61. The molecular formula is C18H24O3. The molecule has 2 fully saturated rings. The maximum atomic E-state index is 10.4. The molecule has 0 heterocycles. The lowest BCUT2D eigenvalue weighted by Gasteiger charge is -2.50. The molecule has 0 spiro atoms. The Balaban J connectivity index is 1.74. The lowest BCUT2D eigenvalue weighted by molar-refractivity contribution is -0.0227. The lowest BCUT2D eigenvalue weighted by atomic mass is 9.55. The van der Waals surface area contributed by atoms with Gasteiger partial charge in [0.1, 0.15) is 0 Å². The van der Waals surface area contributed by atoms with E-state index in [1.165, 1.54) is 5.56 Å². The van der Waals surface area contributed by atoms with E-state index >= 15 is 0 Å². The molecule has 3 heteroatoms. The van der Waals surface area contributed by atoms with Crippen molar-refractivity contribution in [1.29, 1.82) is 0 Å². The highest BCUT2D eigenvalue weighted by molar-refractivity contribution is 5.51. The largest absolute Gasteiger partial charge is 0.504 e. The number of phenolic OH excluding ortho intramolecular Hbond substituents is 2. The zero-order chi connectivity index (χ0) is 14.8. The normalized spacial score (nSPS) is 41.2. The van der Waals surface area contributed by atoms with Crippen molar-refractivity contribution >= 4 is 0 Å². The zero-order valence-electron chi connectivity index (χ0n) is 12.5. The molecule has 2 saturated carbocycles. The van der Waals surface area contributed by atoms with E-state index in [0.29, 0.717) is 17.8 Å². The van der Waals surface area contributed by atoms with Gasteiger partial charge in [-0.25, -0.2) is 0 Å². The third-order valence-electron chi connectivity index (χ3n) is 6.81. The van der Waals surface area contributed by atoms with E-state index in [9.17, 15) is 15.3 Å². The summed E-state index contributed by atoms with van der Waals surface area (Å²) in [5.41, 5.74) is 2.29. The Kier molecular flexibility index (Phi) is 2.81. The van der Waals surface area contributed by atoms with E-state index in [2.05, 4.69) is 6.92 Å². The summed E-state index contributed by atoms with van der Waals surface area (Å²) in [4.78, 5) is 0. The topological polar surface area (TPSA) is 60.7 Å². The summed E-state index contributed by atoms with van der Waals surface area (Å²) < 4.78 is 0. The molecule has 21 heavy (non-hydrogen) atoms. The van der Waals surface area contributed by atoms with Crippen LogP contribution < -0.4 is 0 Å². The highest BCUT2D eigenvalue weighted by atomic mass is 16.3. The van der Waals surface area contributed by atoms with E-state index in [1.54, 1.807) is 6.07 Å². The second-order valence-corrected chi connectivity index (χ2v) is 7.55. The standard InChI is InChI=1S/C18H24O3/c1-18-9-8-11-10-4-6-15(19)17(21)13(10)3-2-12(11)14(18)5-7-16(18)20/h4,6,11-12,14,16,19-21H,2-3,5,7-9H2,1H3/t11-,12-,14+,16?,18+/m1/s1. The first-order valence-corrected chi connectivity index (χ1v) is 8.24. The van der Waals surface area contributed by atoms with Crippen LogP contribution in [0.1, 0.15) is 56.1 Å². The van der Waals surface area contributed by atoms with Crippen LogP contribution >= 0.6 is 0 Å². The van der Waals surface area contributed by atoms with Crippen LogP contribution in [-0.4, -0.2) is 21.4 Å². The van der Waals surface area contributed by atoms with Crippen molar-refractivity contribution < 1.29 is 15.3 Å². The van der Waals surface area contributed by atoms with Gasteiger partial charge in [-0.3, -0.25) is 0 Å². The maximum absolute atomic E-state index is 10.4. The van der Waals surface area contributed by atoms with Gasteiger partial charge in [0, 0.05) is 5.56 Å². The van der Waals surface area contributed by atoms with Gasteiger partial charge in [0.05, 0.1) is 6.10 Å². The first-order chi connectivity index (χ1) is 10.0. The van der Waals surface area contributed by atoms with E-state index in [-0.39, 0.29) is 23.0 Å². The van der Waals surface area contributed by atoms with Crippen LogP contribution in [0, 0.1) is 17.3 Å². The first-order valence-electron chi connectivity index (χ1n) is 8.24. The Morgan fingerprint density at radius 2 is 1.90 bits per heavy atom. The van der Waals surface area contributed by atoms with Gasteiger partial charge >= 0.3 is 0 Å². The predicted octanol–water partition coefficient (Wildman–Crippen LogP) is 3.31. The maximum Gasteiger partial charge on any atom is 0.160 e. The molecule has 114 valence electrons. The molecule has 1 aromatic carbocycles. The zero-order valence-corrected chi connectivity index (χ0v) is 12.5. The summed E-state index contributed by atoms with van der Waals surface area (Å²) in [6.07, 6.45) is 6.02. The fourth-order valence-electron chi connectivity index (χ4n) is 5.61. The van der Waals surface area contributed by atoms with Crippen LogP contribution in [0.4, 0.5) is 0 Å². The van der Waals surface area contributed by atoms with Crippen LogP contribution in [0.3, 0.4) is 0 Å². The second kappa shape index (κ2) is 4.39. The van der Waals surface area contributed by atoms with Gasteiger partial charge < -0.3 is 15.3 Å². The number of fused-ring (bicyclic) bond motifs is 5. The number of aliphatic hydroxyl groups is 1. The van der Waals surface area contributed by atoms with Gasteiger partial charge in [-0.1, -0.05) is 13.0 Å². The van der Waals surface area contributed by atoms with Crippen molar-refractivity contribution in [2.24, 2.45) is 17.3 Å². The Bertz CT molecular complexity index is 582. The number of aromatic hydroxyl groups is 2. The molecule has 4 rings (SSSR count). The third kappa shape index (κ3) is 1.70. The van der Waals surface area contributed by atoms with Gasteiger partial charge in [0.25, 0.3) is 0 Å². The molecule has 1 aromatic rings. The molecular weight excluding hydrogens is 264 g/mol. The summed E-state index contributed by atoms with van der Waals surface area (Å²) in [5.74, 6) is 1.81. The number of hydrogen-bond donors (Lipinski definition) is 3. The Labute approximate surface area is 125 Å². The SMILES string of the molecule is C[C@]12CC[C@@H]3c4ccc(O)c(O)c4CC[C@H]3[C@@H]1CCC2O. The average Bonchev–Trinajstić information content (AvgIpc) is 2.78. The lowest BCUT2D eigenvalue weighted by Crippen LogP contribution is -2.43. The van der Waals surface area contributed by atoms with Gasteiger partial charge in [-0.15, -0.1) is 0 Å². The van der Waals surface area contributed by atoms with Gasteiger partial charge in [-0.05, 0) is 73.3 Å².